The number of benzene rings is 4. The number of aromatic nitrogens is 2. The van der Waals surface area contributed by atoms with Crippen molar-refractivity contribution < 1.29 is 78.4 Å². The van der Waals surface area contributed by atoms with Gasteiger partial charge in [0.15, 0.2) is 21.4 Å². The van der Waals surface area contributed by atoms with Crippen LogP contribution in [0.4, 0.5) is 48.7 Å². The molecule has 0 saturated heterocycles. The third-order valence-corrected chi connectivity index (χ3v) is 12.7. The van der Waals surface area contributed by atoms with E-state index in [1.165, 1.54) is 0 Å². The molecule has 10 N–H and O–H groups in total. The Morgan fingerprint density at radius 1 is 0.750 bits per heavy atom. The van der Waals surface area contributed by atoms with Crippen molar-refractivity contribution >= 4 is 113 Å². The lowest BCUT2D eigenvalue weighted by Gasteiger charge is -2.18. The zero-order valence-electron chi connectivity index (χ0n) is 28.9. The molecule has 4 aromatic carbocycles. The molecule has 1 heterocycles. The van der Waals surface area contributed by atoms with Crippen LogP contribution in [0.3, 0.4) is 0 Å². The summed E-state index contributed by atoms with van der Waals surface area (Å²) in [5, 5.41) is 18.8. The van der Waals surface area contributed by atoms with Gasteiger partial charge >= 0.3 is 16.5 Å². The van der Waals surface area contributed by atoms with Crippen molar-refractivity contribution in [3.63, 3.8) is 0 Å². The van der Waals surface area contributed by atoms with Gasteiger partial charge in [-0.05, 0) is 60.0 Å². The quantitative estimate of drug-likeness (QED) is 0.0180. The molecule has 0 atom stereocenters. The van der Waals surface area contributed by atoms with Gasteiger partial charge in [-0.2, -0.15) is 52.4 Å². The molecule has 0 spiro atoms. The molecular weight excluding hydrogens is 938 g/mol. The molecule has 0 aliphatic heterocycles. The van der Waals surface area contributed by atoms with Crippen LogP contribution in [0.2, 0.25) is 5.02 Å². The number of rotatable bonds is 15. The molecule has 1 aromatic heterocycles. The molecule has 0 aliphatic rings. The first-order chi connectivity index (χ1) is 27.6. The summed E-state index contributed by atoms with van der Waals surface area (Å²) in [6.45, 7) is -0.923. The van der Waals surface area contributed by atoms with E-state index in [1.54, 1.807) is 0 Å². The van der Waals surface area contributed by atoms with Crippen LogP contribution in [-0.4, -0.2) is 87.7 Å². The van der Waals surface area contributed by atoms with Crippen molar-refractivity contribution in [3.05, 3.63) is 71.6 Å². The zero-order chi connectivity index (χ0) is 44.7. The minimum absolute atomic E-state index is 0.0204. The van der Waals surface area contributed by atoms with E-state index < -0.39 is 140 Å². The monoisotopic (exact) mass is 960 g/mol. The van der Waals surface area contributed by atoms with Gasteiger partial charge in [0, 0.05) is 5.69 Å². The summed E-state index contributed by atoms with van der Waals surface area (Å²) in [4.78, 5) is 2.33. The normalized spacial score (nSPS) is 12.8. The number of azo groups is 1. The number of hydrogen-bond acceptors (Lipinski definition) is 20. The van der Waals surface area contributed by atoms with Gasteiger partial charge in [0.05, 0.1) is 39.7 Å². The second-order valence-electron chi connectivity index (χ2n) is 11.6. The second-order valence-corrected chi connectivity index (χ2v) is 19.3. The van der Waals surface area contributed by atoms with E-state index in [1.807, 2.05) is 0 Å². The number of hydrogen-bond donors (Lipinski definition) is 9. The maximum absolute atomic E-state index is 13.9. The van der Waals surface area contributed by atoms with Crippen LogP contribution < -0.4 is 21.9 Å². The fraction of sp³-hybridized carbons (Fsp3) is 0.0714. The standard InChI is InChI=1S/C28H23ClF2N8O16S5/c29-21-26(30)34-28(31)35-27(21)33-14-3-6-17(57(43,44)45)16(11-14)37-39-24-19(59(49,50)51)10-12-9-18(58(46,47)48)23(22(32)20(12)25(24)40)38-36-13-1-4-15(5-2-13)56(41,42)8-7-55-60(52,53)54/h1-6,9-11,36,38,40H,7-8,32H2,(H,33,34,35)(H,43,44,45)(H,46,47,48)(H,49,50,51)(H,52,53,54). The summed E-state index contributed by atoms with van der Waals surface area (Å²) >= 11 is 5.75. The number of nitrogens with one attached hydrogen (secondary N) is 3. The van der Waals surface area contributed by atoms with Gasteiger partial charge in [-0.25, -0.2) is 12.6 Å². The molecular formula is C28H23ClF2N8O16S5. The summed E-state index contributed by atoms with van der Waals surface area (Å²) in [5.41, 5.74) is 7.18. The lowest BCUT2D eigenvalue weighted by atomic mass is 10.0. The van der Waals surface area contributed by atoms with Crippen LogP contribution in [-0.2, 0) is 54.8 Å². The van der Waals surface area contributed by atoms with E-state index in [-0.39, 0.29) is 16.3 Å². The maximum Gasteiger partial charge on any atom is 0.397 e. The predicted molar refractivity (Wildman–Crippen MR) is 204 cm³/mol. The lowest BCUT2D eigenvalue weighted by molar-refractivity contribution is 0.284. The number of nitrogens with two attached hydrogens (primary N) is 1. The summed E-state index contributed by atoms with van der Waals surface area (Å²) in [6.07, 6.45) is -1.57. The van der Waals surface area contributed by atoms with Gasteiger partial charge in [0.25, 0.3) is 30.4 Å². The molecule has 0 unspecified atom stereocenters. The fourth-order valence-corrected chi connectivity index (χ4v) is 8.58. The largest absolute Gasteiger partial charge is 0.505 e. The predicted octanol–water partition coefficient (Wildman–Crippen LogP) is 3.78. The van der Waals surface area contributed by atoms with Crippen molar-refractivity contribution in [2.45, 2.75) is 19.6 Å². The molecule has 24 nitrogen and oxygen atoms in total. The molecule has 0 radical (unpaired) electrons. The average Bonchev–Trinajstić information content (AvgIpc) is 3.10. The lowest BCUT2D eigenvalue weighted by Crippen LogP contribution is -2.16. The number of hydrazine groups is 1. The minimum atomic E-state index is -5.46. The number of sulfone groups is 1. The molecule has 0 bridgehead atoms. The van der Waals surface area contributed by atoms with Gasteiger partial charge < -0.3 is 21.6 Å². The molecule has 5 aromatic rings. The Morgan fingerprint density at radius 3 is 1.92 bits per heavy atom. The van der Waals surface area contributed by atoms with E-state index in [0.29, 0.717) is 18.2 Å². The van der Waals surface area contributed by atoms with Gasteiger partial charge in [-0.15, -0.1) is 10.2 Å². The van der Waals surface area contributed by atoms with Gasteiger partial charge in [0.1, 0.15) is 31.1 Å². The summed E-state index contributed by atoms with van der Waals surface area (Å²) < 4.78 is 191. The number of phenolic OH excluding ortho intramolecular Hbond substituents is 1. The highest BCUT2D eigenvalue weighted by molar-refractivity contribution is 7.91. The smallest absolute Gasteiger partial charge is 0.397 e. The zero-order valence-corrected chi connectivity index (χ0v) is 33.7. The molecule has 0 saturated carbocycles. The summed E-state index contributed by atoms with van der Waals surface area (Å²) in [6, 6.07) is 7.81. The highest BCUT2D eigenvalue weighted by atomic mass is 35.5. The Kier molecular flexibility index (Phi) is 12.6. The first-order valence-corrected chi connectivity index (χ1v) is 23.0. The number of phenols is 1. The van der Waals surface area contributed by atoms with E-state index in [2.05, 4.69) is 40.5 Å². The number of aromatic hydroxyl groups is 1. The molecule has 60 heavy (non-hydrogen) atoms. The van der Waals surface area contributed by atoms with Crippen LogP contribution in [0, 0.1) is 12.0 Å². The Bertz CT molecular complexity index is 3180. The van der Waals surface area contributed by atoms with Crippen molar-refractivity contribution in [3.8, 4) is 5.75 Å². The third kappa shape index (κ3) is 10.4. The van der Waals surface area contributed by atoms with E-state index >= 15 is 0 Å². The molecule has 322 valence electrons. The first-order valence-electron chi connectivity index (χ1n) is 15.3. The molecule has 0 fully saturated rings. The van der Waals surface area contributed by atoms with Crippen molar-refractivity contribution in [1.82, 2.24) is 9.97 Å². The van der Waals surface area contributed by atoms with E-state index in [4.69, 9.17) is 21.9 Å². The Morgan fingerprint density at radius 2 is 1.33 bits per heavy atom. The van der Waals surface area contributed by atoms with Crippen LogP contribution in [0.5, 0.6) is 5.75 Å². The Labute approximate surface area is 341 Å². The minimum Gasteiger partial charge on any atom is -0.505 e. The van der Waals surface area contributed by atoms with Gasteiger partial charge in [-0.1, -0.05) is 11.6 Å². The fourth-order valence-electron chi connectivity index (χ4n) is 5.00. The van der Waals surface area contributed by atoms with Crippen molar-refractivity contribution in [1.29, 1.82) is 0 Å². The van der Waals surface area contributed by atoms with Crippen LogP contribution in [0.25, 0.3) is 10.8 Å². The Hall–Kier alpha value is -5.48. The highest BCUT2D eigenvalue weighted by Gasteiger charge is 2.29. The average molecular weight is 961 g/mol. The van der Waals surface area contributed by atoms with Gasteiger partial charge in [-0.3, -0.25) is 23.6 Å². The van der Waals surface area contributed by atoms with Crippen LogP contribution >= 0.6 is 11.6 Å². The van der Waals surface area contributed by atoms with Crippen LogP contribution in [0.1, 0.15) is 0 Å². The number of anilines is 5. The second kappa shape index (κ2) is 16.5. The van der Waals surface area contributed by atoms with Crippen molar-refractivity contribution in [2.75, 3.05) is 34.3 Å². The first kappa shape index (κ1) is 45.6. The van der Waals surface area contributed by atoms with E-state index in [9.17, 15) is 69.6 Å². The third-order valence-electron chi connectivity index (χ3n) is 7.57. The topological polar surface area (TPSA) is 394 Å². The summed E-state index contributed by atoms with van der Waals surface area (Å²) in [7, 11) is -25.0. The van der Waals surface area contributed by atoms with Gasteiger partial charge in [0.2, 0.25) is 5.95 Å². The Balaban J connectivity index is 1.59. The van der Waals surface area contributed by atoms with Crippen molar-refractivity contribution in [2.24, 2.45) is 10.2 Å². The highest BCUT2D eigenvalue weighted by Crippen LogP contribution is 2.47. The molecule has 32 heteroatoms. The molecule has 0 amide bonds. The number of nitrogens with zero attached hydrogens (tertiary/aromatic N) is 4. The number of fused-ring (bicyclic) bond motifs is 1. The number of nitrogen functional groups attached to an aromatic ring is 1. The molecule has 5 rings (SSSR count). The van der Waals surface area contributed by atoms with Crippen LogP contribution in [0.15, 0.2) is 84.4 Å². The molecule has 0 aliphatic carbocycles. The van der Waals surface area contributed by atoms with E-state index in [0.717, 1.165) is 36.4 Å². The number of halogens is 3. The SMILES string of the molecule is Nc1c(NNc2ccc(S(=O)(=O)CCOS(=O)(=O)O)cc2)c(S(=O)(=O)O)cc2cc(S(=O)(=O)O)c(N=Nc3cc(Nc4nc(F)nc(F)c4Cl)ccc3S(=O)(=O)O)c(O)c12. The maximum atomic E-state index is 13.9. The summed E-state index contributed by atoms with van der Waals surface area (Å²) in [5.74, 6) is -4.30.